The number of likely N-dealkylation sites (tertiary alicyclic amines) is 1. The Morgan fingerprint density at radius 3 is 2.55 bits per heavy atom. The highest BCUT2D eigenvalue weighted by Crippen LogP contribution is 2.18. The van der Waals surface area contributed by atoms with Gasteiger partial charge in [-0.05, 0) is 45.1 Å². The van der Waals surface area contributed by atoms with Crippen LogP contribution in [0.1, 0.15) is 43.3 Å². The Balaban J connectivity index is 1.71. The van der Waals surface area contributed by atoms with Gasteiger partial charge in [-0.3, -0.25) is 4.79 Å². The van der Waals surface area contributed by atoms with Gasteiger partial charge in [0.1, 0.15) is 12.2 Å². The van der Waals surface area contributed by atoms with E-state index in [1.165, 1.54) is 11.3 Å². The molecule has 0 N–H and O–H groups in total. The highest BCUT2D eigenvalue weighted by molar-refractivity contribution is 7.12. The average molecular weight is 325 g/mol. The van der Waals surface area contributed by atoms with Gasteiger partial charge in [0.25, 0.3) is 0 Å². The molecule has 1 saturated heterocycles. The molecule has 1 aliphatic rings. The van der Waals surface area contributed by atoms with Crippen LogP contribution in [0.2, 0.25) is 0 Å². The van der Waals surface area contributed by atoms with Crippen LogP contribution < -0.4 is 0 Å². The van der Waals surface area contributed by atoms with E-state index in [0.29, 0.717) is 13.1 Å². The molecular formula is C16H23NO4S. The van der Waals surface area contributed by atoms with Gasteiger partial charge in [0.05, 0.1) is 11.0 Å². The van der Waals surface area contributed by atoms with Crippen LogP contribution >= 0.6 is 11.3 Å². The molecule has 0 atom stereocenters. The number of carbonyl (C=O) groups is 2. The lowest BCUT2D eigenvalue weighted by Crippen LogP contribution is -2.43. The number of hydrogen-bond acceptors (Lipinski definition) is 5. The van der Waals surface area contributed by atoms with Crippen molar-refractivity contribution in [2.24, 2.45) is 0 Å². The molecule has 0 saturated carbocycles. The molecule has 0 aliphatic carbocycles. The zero-order chi connectivity index (χ0) is 16.2. The summed E-state index contributed by atoms with van der Waals surface area (Å²) in [6.07, 6.45) is 1.22. The molecule has 6 heteroatoms. The van der Waals surface area contributed by atoms with Gasteiger partial charge in [-0.15, -0.1) is 11.3 Å². The van der Waals surface area contributed by atoms with Crippen LogP contribution in [0, 0.1) is 0 Å². The lowest BCUT2D eigenvalue weighted by atomic mass is 10.1. The van der Waals surface area contributed by atoms with E-state index in [9.17, 15) is 9.59 Å². The quantitative estimate of drug-likeness (QED) is 0.797. The Kier molecular flexibility index (Phi) is 5.58. The summed E-state index contributed by atoms with van der Waals surface area (Å²) in [5.41, 5.74) is -0.475. The van der Waals surface area contributed by atoms with Gasteiger partial charge in [-0.2, -0.15) is 0 Å². The Morgan fingerprint density at radius 2 is 2.00 bits per heavy atom. The predicted octanol–water partition coefficient (Wildman–Crippen LogP) is 3.35. The third-order valence-electron chi connectivity index (χ3n) is 3.34. The molecular weight excluding hydrogens is 302 g/mol. The Bertz CT molecular complexity index is 499. The van der Waals surface area contributed by atoms with Crippen molar-refractivity contribution in [3.63, 3.8) is 0 Å². The molecule has 1 amide bonds. The smallest absolute Gasteiger partial charge is 0.410 e. The van der Waals surface area contributed by atoms with E-state index in [1.54, 1.807) is 4.90 Å². The van der Waals surface area contributed by atoms with Gasteiger partial charge >= 0.3 is 6.09 Å². The molecule has 0 bridgehead atoms. The molecule has 1 aromatic rings. The second kappa shape index (κ2) is 7.24. The Morgan fingerprint density at radius 1 is 1.32 bits per heavy atom. The topological polar surface area (TPSA) is 55.8 Å². The highest BCUT2D eigenvalue weighted by atomic mass is 32.1. The minimum atomic E-state index is -0.475. The minimum absolute atomic E-state index is 0.0181. The fourth-order valence-electron chi connectivity index (χ4n) is 2.23. The summed E-state index contributed by atoms with van der Waals surface area (Å²) in [5.74, 6) is 0.0181. The van der Waals surface area contributed by atoms with Crippen LogP contribution in [0.5, 0.6) is 0 Å². The molecule has 0 spiro atoms. The molecule has 5 nitrogen and oxygen atoms in total. The van der Waals surface area contributed by atoms with E-state index in [4.69, 9.17) is 9.47 Å². The highest BCUT2D eigenvalue weighted by Gasteiger charge is 2.27. The normalized spacial score (nSPS) is 16.6. The third-order valence-corrected chi connectivity index (χ3v) is 4.25. The maximum absolute atomic E-state index is 12.0. The molecule has 2 heterocycles. The number of nitrogens with zero attached hydrogens (tertiary/aromatic N) is 1. The van der Waals surface area contributed by atoms with Crippen molar-refractivity contribution >= 4 is 23.2 Å². The van der Waals surface area contributed by atoms with E-state index in [2.05, 4.69) is 0 Å². The molecule has 122 valence electrons. The molecule has 1 aliphatic heterocycles. The second-order valence-corrected chi connectivity index (χ2v) is 7.33. The van der Waals surface area contributed by atoms with Gasteiger partial charge in [0.2, 0.25) is 0 Å². The number of hydrogen-bond donors (Lipinski definition) is 0. The van der Waals surface area contributed by atoms with E-state index in [0.717, 1.165) is 17.7 Å². The average Bonchev–Trinajstić information content (AvgIpc) is 2.97. The largest absolute Gasteiger partial charge is 0.444 e. The van der Waals surface area contributed by atoms with Crippen molar-refractivity contribution in [3.05, 3.63) is 22.4 Å². The van der Waals surface area contributed by atoms with Crippen LogP contribution in [-0.2, 0) is 9.47 Å². The van der Waals surface area contributed by atoms with Crippen molar-refractivity contribution in [3.8, 4) is 0 Å². The second-order valence-electron chi connectivity index (χ2n) is 6.38. The number of amides is 1. The van der Waals surface area contributed by atoms with Gasteiger partial charge in [-0.25, -0.2) is 4.79 Å². The summed E-state index contributed by atoms with van der Waals surface area (Å²) in [4.78, 5) is 26.3. The van der Waals surface area contributed by atoms with Crippen LogP contribution in [0.3, 0.4) is 0 Å². The Hall–Kier alpha value is -1.40. The number of thiophene rings is 1. The van der Waals surface area contributed by atoms with Crippen LogP contribution in [0.15, 0.2) is 17.5 Å². The number of ether oxygens (including phenoxy) is 2. The molecule has 22 heavy (non-hydrogen) atoms. The molecule has 0 aromatic carbocycles. The molecule has 0 radical (unpaired) electrons. The summed E-state index contributed by atoms with van der Waals surface area (Å²) < 4.78 is 11.0. The Labute approximate surface area is 135 Å². The molecule has 1 fully saturated rings. The number of ketones is 1. The van der Waals surface area contributed by atoms with Gasteiger partial charge in [-0.1, -0.05) is 6.07 Å². The van der Waals surface area contributed by atoms with E-state index in [-0.39, 0.29) is 24.6 Å². The zero-order valence-electron chi connectivity index (χ0n) is 13.3. The van der Waals surface area contributed by atoms with Crippen LogP contribution in [0.25, 0.3) is 0 Å². The summed E-state index contributed by atoms with van der Waals surface area (Å²) in [6, 6.07) is 3.67. The SMILES string of the molecule is CC(C)(C)OC(=O)N1CCC(OCC(=O)c2cccs2)CC1. The molecule has 2 rings (SSSR count). The number of Topliss-reactive ketones (excluding diaryl/α,β-unsaturated/α-hetero) is 1. The molecule has 0 unspecified atom stereocenters. The third kappa shape index (κ3) is 5.10. The summed E-state index contributed by atoms with van der Waals surface area (Å²) in [7, 11) is 0. The van der Waals surface area contributed by atoms with Gasteiger partial charge in [0, 0.05) is 13.1 Å². The van der Waals surface area contributed by atoms with Gasteiger partial charge < -0.3 is 14.4 Å². The van der Waals surface area contributed by atoms with Crippen LogP contribution in [0.4, 0.5) is 4.79 Å². The first-order valence-corrected chi connectivity index (χ1v) is 8.39. The van der Waals surface area contributed by atoms with Crippen molar-refractivity contribution in [2.45, 2.75) is 45.3 Å². The van der Waals surface area contributed by atoms with Crippen molar-refractivity contribution in [2.75, 3.05) is 19.7 Å². The molecule has 1 aromatic heterocycles. The van der Waals surface area contributed by atoms with E-state index in [1.807, 2.05) is 38.3 Å². The monoisotopic (exact) mass is 325 g/mol. The first-order valence-electron chi connectivity index (χ1n) is 7.51. The maximum Gasteiger partial charge on any atom is 0.410 e. The minimum Gasteiger partial charge on any atom is -0.444 e. The lowest BCUT2D eigenvalue weighted by molar-refractivity contribution is -0.00837. The van der Waals surface area contributed by atoms with Crippen molar-refractivity contribution in [1.29, 1.82) is 0 Å². The van der Waals surface area contributed by atoms with Crippen molar-refractivity contribution < 1.29 is 19.1 Å². The number of carbonyl (C=O) groups excluding carboxylic acids is 2. The summed E-state index contributed by atoms with van der Waals surface area (Å²) in [5, 5.41) is 1.88. The van der Waals surface area contributed by atoms with Gasteiger partial charge in [0.15, 0.2) is 5.78 Å². The zero-order valence-corrected chi connectivity index (χ0v) is 14.1. The maximum atomic E-state index is 12.0. The van der Waals surface area contributed by atoms with E-state index >= 15 is 0 Å². The lowest BCUT2D eigenvalue weighted by Gasteiger charge is -2.33. The standard InChI is InChI=1S/C16H23NO4S/c1-16(2,3)21-15(19)17-8-6-12(7-9-17)20-11-13(18)14-5-4-10-22-14/h4-5,10,12H,6-9,11H2,1-3H3. The fraction of sp³-hybridized carbons (Fsp3) is 0.625. The summed E-state index contributed by atoms with van der Waals surface area (Å²) >= 11 is 1.43. The number of piperidine rings is 1. The summed E-state index contributed by atoms with van der Waals surface area (Å²) in [6.45, 7) is 6.89. The first kappa shape index (κ1) is 17.0. The van der Waals surface area contributed by atoms with E-state index < -0.39 is 5.60 Å². The number of rotatable bonds is 4. The van der Waals surface area contributed by atoms with Crippen LogP contribution in [-0.4, -0.2) is 48.2 Å². The fourth-order valence-corrected chi connectivity index (χ4v) is 2.88. The first-order chi connectivity index (χ1) is 10.3. The predicted molar refractivity (Wildman–Crippen MR) is 85.4 cm³/mol. The van der Waals surface area contributed by atoms with Crippen molar-refractivity contribution in [1.82, 2.24) is 4.90 Å².